The number of benzene rings is 1. The molecule has 1 aromatic rings. The minimum atomic E-state index is -0.190. The summed E-state index contributed by atoms with van der Waals surface area (Å²) in [5, 5.41) is 4.41. The van der Waals surface area contributed by atoms with Crippen LogP contribution in [0.4, 0.5) is 0 Å². The molecule has 4 nitrogen and oxygen atoms in total. The van der Waals surface area contributed by atoms with E-state index in [0.29, 0.717) is 5.92 Å². The maximum Gasteiger partial charge on any atom is 0.277 e. The van der Waals surface area contributed by atoms with Crippen LogP contribution in [0.3, 0.4) is 0 Å². The summed E-state index contributed by atoms with van der Waals surface area (Å²) in [6, 6.07) is 8.03. The summed E-state index contributed by atoms with van der Waals surface area (Å²) >= 11 is 0. The summed E-state index contributed by atoms with van der Waals surface area (Å²) in [7, 11) is 0. The van der Waals surface area contributed by atoms with Crippen molar-refractivity contribution in [3.05, 3.63) is 29.8 Å². The van der Waals surface area contributed by atoms with Gasteiger partial charge in [0.2, 0.25) is 0 Å². The summed E-state index contributed by atoms with van der Waals surface area (Å²) in [6.07, 6.45) is 14.7. The summed E-state index contributed by atoms with van der Waals surface area (Å²) in [5.41, 5.74) is 5.13. The fourth-order valence-electron chi connectivity index (χ4n) is 3.58. The number of hydrogen-bond donors (Lipinski definition) is 1. The van der Waals surface area contributed by atoms with E-state index in [1.165, 1.54) is 63.4 Å². The van der Waals surface area contributed by atoms with E-state index < -0.39 is 0 Å². The van der Waals surface area contributed by atoms with E-state index in [9.17, 15) is 4.79 Å². The van der Waals surface area contributed by atoms with E-state index in [2.05, 4.69) is 36.5 Å². The van der Waals surface area contributed by atoms with Crippen LogP contribution >= 0.6 is 0 Å². The average Bonchev–Trinajstić information content (AvgIpc) is 2.71. The second-order valence-electron chi connectivity index (χ2n) is 8.06. The molecule has 2 rings (SSSR count). The van der Waals surface area contributed by atoms with Crippen LogP contribution in [0.2, 0.25) is 0 Å². The number of hydrazone groups is 1. The lowest BCUT2D eigenvalue weighted by atomic mass is 9.99. The Morgan fingerprint density at radius 2 is 1.50 bits per heavy atom. The number of nitrogens with zero attached hydrogens (tertiary/aromatic N) is 1. The second kappa shape index (κ2) is 13.4. The summed E-state index contributed by atoms with van der Waals surface area (Å²) in [6.45, 7) is 4.40. The molecular formula is C24H38N2O2. The molecule has 1 aromatic carbocycles. The first-order chi connectivity index (χ1) is 13.7. The highest BCUT2D eigenvalue weighted by atomic mass is 16.5. The molecule has 28 heavy (non-hydrogen) atoms. The van der Waals surface area contributed by atoms with Crippen LogP contribution in [-0.4, -0.2) is 18.2 Å². The van der Waals surface area contributed by atoms with Crippen molar-refractivity contribution in [2.45, 2.75) is 96.8 Å². The van der Waals surface area contributed by atoms with Gasteiger partial charge in [0, 0.05) is 5.71 Å². The molecule has 0 aliphatic heterocycles. The second-order valence-corrected chi connectivity index (χ2v) is 8.06. The van der Waals surface area contributed by atoms with Crippen molar-refractivity contribution in [3.8, 4) is 5.75 Å². The van der Waals surface area contributed by atoms with Crippen molar-refractivity contribution >= 4 is 11.6 Å². The Morgan fingerprint density at radius 1 is 0.964 bits per heavy atom. The summed E-state index contributed by atoms with van der Waals surface area (Å²) < 4.78 is 5.61. The van der Waals surface area contributed by atoms with Gasteiger partial charge in [-0.05, 0) is 55.7 Å². The van der Waals surface area contributed by atoms with Crippen LogP contribution in [0.1, 0.15) is 102 Å². The zero-order chi connectivity index (χ0) is 20.0. The molecular weight excluding hydrogens is 348 g/mol. The number of ether oxygens (including phenoxy) is 1. The van der Waals surface area contributed by atoms with Gasteiger partial charge in [-0.25, -0.2) is 5.43 Å². The number of hydrogen-bond acceptors (Lipinski definition) is 3. The van der Waals surface area contributed by atoms with Crippen LogP contribution < -0.4 is 10.2 Å². The minimum Gasteiger partial charge on any atom is -0.484 e. The van der Waals surface area contributed by atoms with Gasteiger partial charge in [-0.15, -0.1) is 0 Å². The quantitative estimate of drug-likeness (QED) is 0.579. The third kappa shape index (κ3) is 8.90. The number of rotatable bonds is 6. The third-order valence-electron chi connectivity index (χ3n) is 5.70. The molecule has 0 spiro atoms. The lowest BCUT2D eigenvalue weighted by Gasteiger charge is -2.11. The average molecular weight is 387 g/mol. The standard InChI is InChI=1S/C24H38N2O2/c1-3-20(2)21-15-17-23(18-16-21)28-19-24(27)26-25-22-13-11-9-7-5-4-6-8-10-12-14-22/h15-18,20H,3-14,19H2,1-2H3,(H,26,27). The van der Waals surface area contributed by atoms with Gasteiger partial charge in [-0.3, -0.25) is 4.79 Å². The Bertz CT molecular complexity index is 581. The first-order valence-electron chi connectivity index (χ1n) is 11.3. The summed E-state index contributed by atoms with van der Waals surface area (Å²) in [4.78, 5) is 12.1. The molecule has 1 aliphatic carbocycles. The van der Waals surface area contributed by atoms with Crippen molar-refractivity contribution in [3.63, 3.8) is 0 Å². The van der Waals surface area contributed by atoms with Crippen LogP contribution in [0.5, 0.6) is 5.75 Å². The van der Waals surface area contributed by atoms with E-state index in [0.717, 1.165) is 30.7 Å². The monoisotopic (exact) mass is 386 g/mol. The molecule has 1 amide bonds. The molecule has 0 heterocycles. The Labute approximate surface area is 171 Å². The fraction of sp³-hybridized carbons (Fsp3) is 0.667. The first kappa shape index (κ1) is 22.4. The highest BCUT2D eigenvalue weighted by Crippen LogP contribution is 2.21. The molecule has 0 radical (unpaired) electrons. The molecule has 0 bridgehead atoms. The molecule has 0 aromatic heterocycles. The lowest BCUT2D eigenvalue weighted by molar-refractivity contribution is -0.123. The Kier molecular flexibility index (Phi) is 10.7. The maximum atomic E-state index is 12.1. The smallest absolute Gasteiger partial charge is 0.277 e. The molecule has 1 aliphatic rings. The summed E-state index contributed by atoms with van der Waals surface area (Å²) in [5.74, 6) is 1.07. The predicted octanol–water partition coefficient (Wildman–Crippen LogP) is 6.36. The minimum absolute atomic E-state index is 0.000538. The molecule has 156 valence electrons. The van der Waals surface area contributed by atoms with E-state index in [-0.39, 0.29) is 12.5 Å². The molecule has 1 N–H and O–H groups in total. The van der Waals surface area contributed by atoms with Gasteiger partial charge in [0.05, 0.1) is 0 Å². The zero-order valence-corrected chi connectivity index (χ0v) is 17.8. The van der Waals surface area contributed by atoms with E-state index >= 15 is 0 Å². The van der Waals surface area contributed by atoms with Crippen molar-refractivity contribution in [2.75, 3.05) is 6.61 Å². The molecule has 0 saturated heterocycles. The van der Waals surface area contributed by atoms with E-state index in [1.54, 1.807) is 0 Å². The van der Waals surface area contributed by atoms with E-state index in [1.807, 2.05) is 12.1 Å². The molecule has 1 unspecified atom stereocenters. The van der Waals surface area contributed by atoms with Crippen molar-refractivity contribution in [2.24, 2.45) is 5.10 Å². The van der Waals surface area contributed by atoms with Gasteiger partial charge in [0.1, 0.15) is 5.75 Å². The topological polar surface area (TPSA) is 50.7 Å². The third-order valence-corrected chi connectivity index (χ3v) is 5.70. The van der Waals surface area contributed by atoms with E-state index in [4.69, 9.17) is 4.74 Å². The largest absolute Gasteiger partial charge is 0.484 e. The molecule has 1 saturated carbocycles. The molecule has 1 atom stereocenters. The first-order valence-corrected chi connectivity index (χ1v) is 11.3. The van der Waals surface area contributed by atoms with Crippen LogP contribution in [0.25, 0.3) is 0 Å². The van der Waals surface area contributed by atoms with Gasteiger partial charge in [-0.1, -0.05) is 70.9 Å². The highest BCUT2D eigenvalue weighted by molar-refractivity contribution is 5.86. The van der Waals surface area contributed by atoms with Crippen molar-refractivity contribution in [1.29, 1.82) is 0 Å². The SMILES string of the molecule is CCC(C)c1ccc(OCC(=O)NN=C2CCCCCCCCCCC2)cc1. The number of nitrogens with one attached hydrogen (secondary N) is 1. The fourth-order valence-corrected chi connectivity index (χ4v) is 3.58. The van der Waals surface area contributed by atoms with Gasteiger partial charge in [0.15, 0.2) is 6.61 Å². The van der Waals surface area contributed by atoms with Crippen molar-refractivity contribution in [1.82, 2.24) is 5.43 Å². The van der Waals surface area contributed by atoms with Gasteiger partial charge < -0.3 is 4.74 Å². The number of amides is 1. The normalized spacial score (nSPS) is 17.7. The Morgan fingerprint density at radius 3 is 2.04 bits per heavy atom. The Hall–Kier alpha value is -1.84. The predicted molar refractivity (Wildman–Crippen MR) is 117 cm³/mol. The van der Waals surface area contributed by atoms with Crippen molar-refractivity contribution < 1.29 is 9.53 Å². The van der Waals surface area contributed by atoms with Crippen LogP contribution in [-0.2, 0) is 4.79 Å². The lowest BCUT2D eigenvalue weighted by Crippen LogP contribution is -2.26. The molecule has 4 heteroatoms. The maximum absolute atomic E-state index is 12.1. The van der Waals surface area contributed by atoms with Gasteiger partial charge in [0.25, 0.3) is 5.91 Å². The highest BCUT2D eigenvalue weighted by Gasteiger charge is 2.07. The van der Waals surface area contributed by atoms with Gasteiger partial charge >= 0.3 is 0 Å². The van der Waals surface area contributed by atoms with Crippen LogP contribution in [0.15, 0.2) is 29.4 Å². The number of carbonyl (C=O) groups is 1. The molecule has 1 fully saturated rings. The van der Waals surface area contributed by atoms with Gasteiger partial charge in [-0.2, -0.15) is 5.10 Å². The zero-order valence-electron chi connectivity index (χ0n) is 17.8. The van der Waals surface area contributed by atoms with Crippen LogP contribution in [0, 0.1) is 0 Å². The number of carbonyl (C=O) groups excluding carboxylic acids is 1. The Balaban J connectivity index is 1.76.